The lowest BCUT2D eigenvalue weighted by Crippen LogP contribution is -1.99. The SMILES string of the molecule is Cc1ccnc(COc2ccc(C)cc2Br)c1. The fraction of sp³-hybridized carbons (Fsp3) is 0.214. The number of aryl methyl sites for hydroxylation is 2. The predicted octanol–water partition coefficient (Wildman–Crippen LogP) is 4.04. The first-order valence-electron chi connectivity index (χ1n) is 5.45. The minimum Gasteiger partial charge on any atom is -0.486 e. The van der Waals surface area contributed by atoms with Crippen molar-refractivity contribution in [1.29, 1.82) is 0 Å². The molecular formula is C14H14BrNO. The Kier molecular flexibility index (Phi) is 3.79. The average molecular weight is 292 g/mol. The van der Waals surface area contributed by atoms with E-state index in [1.54, 1.807) is 6.20 Å². The van der Waals surface area contributed by atoms with Gasteiger partial charge in [-0.25, -0.2) is 0 Å². The summed E-state index contributed by atoms with van der Waals surface area (Å²) >= 11 is 3.49. The Labute approximate surface area is 110 Å². The van der Waals surface area contributed by atoms with E-state index in [4.69, 9.17) is 4.74 Å². The second-order valence-corrected chi connectivity index (χ2v) is 4.90. The normalized spacial score (nSPS) is 10.3. The summed E-state index contributed by atoms with van der Waals surface area (Å²) in [6.45, 7) is 4.59. The highest BCUT2D eigenvalue weighted by molar-refractivity contribution is 9.10. The van der Waals surface area contributed by atoms with E-state index in [1.807, 2.05) is 37.3 Å². The monoisotopic (exact) mass is 291 g/mol. The topological polar surface area (TPSA) is 22.1 Å². The van der Waals surface area contributed by atoms with E-state index in [0.29, 0.717) is 6.61 Å². The number of nitrogens with zero attached hydrogens (tertiary/aromatic N) is 1. The van der Waals surface area contributed by atoms with E-state index in [2.05, 4.69) is 27.8 Å². The van der Waals surface area contributed by atoms with Gasteiger partial charge in [-0.1, -0.05) is 6.07 Å². The molecule has 0 saturated carbocycles. The van der Waals surface area contributed by atoms with Crippen molar-refractivity contribution in [2.75, 3.05) is 0 Å². The van der Waals surface area contributed by atoms with Gasteiger partial charge in [0.15, 0.2) is 0 Å². The molecule has 2 rings (SSSR count). The van der Waals surface area contributed by atoms with Gasteiger partial charge in [-0.3, -0.25) is 4.98 Å². The lowest BCUT2D eigenvalue weighted by Gasteiger charge is -2.08. The Morgan fingerprint density at radius 3 is 2.59 bits per heavy atom. The largest absolute Gasteiger partial charge is 0.486 e. The molecule has 17 heavy (non-hydrogen) atoms. The van der Waals surface area contributed by atoms with Crippen molar-refractivity contribution in [2.45, 2.75) is 20.5 Å². The number of ether oxygens (including phenoxy) is 1. The molecule has 2 aromatic rings. The van der Waals surface area contributed by atoms with Crippen molar-refractivity contribution in [3.63, 3.8) is 0 Å². The molecule has 0 bridgehead atoms. The van der Waals surface area contributed by atoms with Crippen molar-refractivity contribution < 1.29 is 4.74 Å². The van der Waals surface area contributed by atoms with E-state index >= 15 is 0 Å². The molecule has 0 aliphatic carbocycles. The van der Waals surface area contributed by atoms with Gasteiger partial charge in [0, 0.05) is 6.20 Å². The highest BCUT2D eigenvalue weighted by Gasteiger charge is 2.02. The van der Waals surface area contributed by atoms with Gasteiger partial charge in [-0.15, -0.1) is 0 Å². The Bertz CT molecular complexity index is 525. The van der Waals surface area contributed by atoms with E-state index in [1.165, 1.54) is 11.1 Å². The lowest BCUT2D eigenvalue weighted by atomic mass is 10.2. The molecule has 0 fully saturated rings. The first-order chi connectivity index (χ1) is 8.15. The van der Waals surface area contributed by atoms with Crippen molar-refractivity contribution in [3.05, 3.63) is 57.8 Å². The number of aromatic nitrogens is 1. The van der Waals surface area contributed by atoms with Crippen LogP contribution in [0.3, 0.4) is 0 Å². The van der Waals surface area contributed by atoms with Gasteiger partial charge >= 0.3 is 0 Å². The molecular weight excluding hydrogens is 278 g/mol. The van der Waals surface area contributed by atoms with Crippen LogP contribution in [0, 0.1) is 13.8 Å². The van der Waals surface area contributed by atoms with E-state index < -0.39 is 0 Å². The van der Waals surface area contributed by atoms with Gasteiger partial charge in [0.2, 0.25) is 0 Å². The summed E-state index contributed by atoms with van der Waals surface area (Å²) < 4.78 is 6.70. The second kappa shape index (κ2) is 5.32. The molecule has 0 aliphatic rings. The molecule has 0 amide bonds. The zero-order chi connectivity index (χ0) is 12.3. The van der Waals surface area contributed by atoms with E-state index in [0.717, 1.165) is 15.9 Å². The summed E-state index contributed by atoms with van der Waals surface area (Å²) in [6.07, 6.45) is 1.80. The molecule has 2 nitrogen and oxygen atoms in total. The zero-order valence-electron chi connectivity index (χ0n) is 9.90. The number of rotatable bonds is 3. The van der Waals surface area contributed by atoms with Gasteiger partial charge in [-0.05, 0) is 65.2 Å². The third-order valence-electron chi connectivity index (χ3n) is 2.44. The van der Waals surface area contributed by atoms with Crippen LogP contribution in [0.1, 0.15) is 16.8 Å². The van der Waals surface area contributed by atoms with Crippen molar-refractivity contribution in [2.24, 2.45) is 0 Å². The zero-order valence-corrected chi connectivity index (χ0v) is 11.5. The van der Waals surface area contributed by atoms with Crippen LogP contribution in [0.5, 0.6) is 5.75 Å². The second-order valence-electron chi connectivity index (χ2n) is 4.05. The molecule has 0 N–H and O–H groups in total. The van der Waals surface area contributed by atoms with Gasteiger partial charge < -0.3 is 4.74 Å². The average Bonchev–Trinajstić information content (AvgIpc) is 2.28. The quantitative estimate of drug-likeness (QED) is 0.851. The van der Waals surface area contributed by atoms with Crippen LogP contribution >= 0.6 is 15.9 Å². The van der Waals surface area contributed by atoms with E-state index in [9.17, 15) is 0 Å². The Balaban J connectivity index is 2.07. The molecule has 1 heterocycles. The molecule has 0 spiro atoms. The molecule has 0 radical (unpaired) electrons. The molecule has 0 aliphatic heterocycles. The molecule has 1 aromatic heterocycles. The van der Waals surface area contributed by atoms with Crippen LogP contribution in [-0.2, 0) is 6.61 Å². The number of hydrogen-bond acceptors (Lipinski definition) is 2. The maximum absolute atomic E-state index is 5.72. The summed E-state index contributed by atoms with van der Waals surface area (Å²) in [6, 6.07) is 10.0. The van der Waals surface area contributed by atoms with Gasteiger partial charge in [-0.2, -0.15) is 0 Å². The highest BCUT2D eigenvalue weighted by atomic mass is 79.9. The summed E-state index contributed by atoms with van der Waals surface area (Å²) in [7, 11) is 0. The van der Waals surface area contributed by atoms with Gasteiger partial charge in [0.25, 0.3) is 0 Å². The molecule has 0 unspecified atom stereocenters. The smallest absolute Gasteiger partial charge is 0.134 e. The van der Waals surface area contributed by atoms with Crippen LogP contribution in [0.4, 0.5) is 0 Å². The minimum absolute atomic E-state index is 0.489. The van der Waals surface area contributed by atoms with Crippen molar-refractivity contribution >= 4 is 15.9 Å². The Morgan fingerprint density at radius 1 is 1.12 bits per heavy atom. The first kappa shape index (κ1) is 12.1. The van der Waals surface area contributed by atoms with Gasteiger partial charge in [0.1, 0.15) is 12.4 Å². The molecule has 0 atom stereocenters. The van der Waals surface area contributed by atoms with Crippen LogP contribution in [0.15, 0.2) is 41.0 Å². The van der Waals surface area contributed by atoms with Crippen molar-refractivity contribution in [1.82, 2.24) is 4.98 Å². The van der Waals surface area contributed by atoms with Crippen LogP contribution in [0.2, 0.25) is 0 Å². The molecule has 88 valence electrons. The maximum Gasteiger partial charge on any atom is 0.134 e. The van der Waals surface area contributed by atoms with E-state index in [-0.39, 0.29) is 0 Å². The maximum atomic E-state index is 5.72. The fourth-order valence-electron chi connectivity index (χ4n) is 1.55. The molecule has 3 heteroatoms. The summed E-state index contributed by atoms with van der Waals surface area (Å²) in [5.41, 5.74) is 3.34. The third-order valence-corrected chi connectivity index (χ3v) is 3.05. The minimum atomic E-state index is 0.489. The number of halogens is 1. The Hall–Kier alpha value is -1.35. The van der Waals surface area contributed by atoms with Crippen LogP contribution in [0.25, 0.3) is 0 Å². The number of hydrogen-bond donors (Lipinski definition) is 0. The van der Waals surface area contributed by atoms with Crippen LogP contribution < -0.4 is 4.74 Å². The summed E-state index contributed by atoms with van der Waals surface area (Å²) in [5.74, 6) is 0.846. The number of benzene rings is 1. The van der Waals surface area contributed by atoms with Crippen molar-refractivity contribution in [3.8, 4) is 5.75 Å². The highest BCUT2D eigenvalue weighted by Crippen LogP contribution is 2.26. The lowest BCUT2D eigenvalue weighted by molar-refractivity contribution is 0.299. The third kappa shape index (κ3) is 3.30. The first-order valence-corrected chi connectivity index (χ1v) is 6.25. The standard InChI is InChI=1S/C14H14BrNO/c1-10-3-4-14(13(15)8-10)17-9-12-7-11(2)5-6-16-12/h3-8H,9H2,1-2H3. The Morgan fingerprint density at radius 2 is 1.88 bits per heavy atom. The van der Waals surface area contributed by atoms with Crippen LogP contribution in [-0.4, -0.2) is 4.98 Å². The fourth-order valence-corrected chi connectivity index (χ4v) is 2.16. The summed E-state index contributed by atoms with van der Waals surface area (Å²) in [5, 5.41) is 0. The predicted molar refractivity (Wildman–Crippen MR) is 72.2 cm³/mol. The van der Waals surface area contributed by atoms with Gasteiger partial charge in [0.05, 0.1) is 10.2 Å². The number of pyridine rings is 1. The summed E-state index contributed by atoms with van der Waals surface area (Å²) in [4.78, 5) is 4.26. The molecule has 1 aromatic carbocycles. The molecule has 0 saturated heterocycles.